The SMILES string of the molecule is CSc1ncc(F)c(-c2ccc(-c3cnc(N(C4CC4)[C@@H]4C[C@@]5(C)CC[C@](C)(N5)[C@@H]4F)nn3)c(O)c2)n1. The summed E-state index contributed by atoms with van der Waals surface area (Å²) in [6.45, 7) is 4.15. The Hall–Kier alpha value is -2.92. The average molecular weight is 526 g/mol. The second-order valence-electron chi connectivity index (χ2n) is 10.8. The molecular weight excluding hydrogens is 496 g/mol. The molecule has 3 fully saturated rings. The number of benzene rings is 1. The summed E-state index contributed by atoms with van der Waals surface area (Å²) in [5.74, 6) is -0.254. The van der Waals surface area contributed by atoms with Crippen LogP contribution in [0, 0.1) is 5.82 Å². The number of nitrogens with one attached hydrogen (secondary N) is 1. The van der Waals surface area contributed by atoms with Gasteiger partial charge in [-0.25, -0.2) is 23.7 Å². The summed E-state index contributed by atoms with van der Waals surface area (Å²) in [5, 5.41) is 23.4. The number of phenols is 1. The van der Waals surface area contributed by atoms with Gasteiger partial charge in [0.05, 0.1) is 18.4 Å². The number of aromatic nitrogens is 5. The van der Waals surface area contributed by atoms with Crippen molar-refractivity contribution in [3.63, 3.8) is 0 Å². The van der Waals surface area contributed by atoms with Crippen molar-refractivity contribution in [3.05, 3.63) is 36.4 Å². The zero-order chi connectivity index (χ0) is 25.9. The summed E-state index contributed by atoms with van der Waals surface area (Å²) in [6, 6.07) is 4.63. The van der Waals surface area contributed by atoms with Crippen LogP contribution in [0.3, 0.4) is 0 Å². The van der Waals surface area contributed by atoms with Gasteiger partial charge in [0.2, 0.25) is 5.95 Å². The molecule has 6 rings (SSSR count). The van der Waals surface area contributed by atoms with Crippen molar-refractivity contribution in [1.29, 1.82) is 0 Å². The lowest BCUT2D eigenvalue weighted by molar-refractivity contribution is 0.0828. The summed E-state index contributed by atoms with van der Waals surface area (Å²) < 4.78 is 30.2. The van der Waals surface area contributed by atoms with Gasteiger partial charge in [-0.05, 0) is 64.3 Å². The second kappa shape index (κ2) is 8.83. The molecule has 0 radical (unpaired) electrons. The summed E-state index contributed by atoms with van der Waals surface area (Å²) in [7, 11) is 0. The fraction of sp³-hybridized carbons (Fsp3) is 0.500. The lowest BCUT2D eigenvalue weighted by Gasteiger charge is -2.48. The van der Waals surface area contributed by atoms with E-state index in [0.717, 1.165) is 31.9 Å². The lowest BCUT2D eigenvalue weighted by Crippen LogP contribution is -2.66. The third-order valence-electron chi connectivity index (χ3n) is 7.92. The highest BCUT2D eigenvalue weighted by Gasteiger charge is 2.58. The summed E-state index contributed by atoms with van der Waals surface area (Å²) in [6.07, 6.45) is 7.84. The van der Waals surface area contributed by atoms with Crippen LogP contribution in [-0.2, 0) is 0 Å². The minimum Gasteiger partial charge on any atom is -0.507 e. The first-order valence-electron chi connectivity index (χ1n) is 12.5. The first-order valence-corrected chi connectivity index (χ1v) is 13.7. The summed E-state index contributed by atoms with van der Waals surface area (Å²) in [4.78, 5) is 14.7. The Balaban J connectivity index is 1.28. The van der Waals surface area contributed by atoms with Crippen LogP contribution in [-0.4, -0.2) is 65.8 Å². The van der Waals surface area contributed by atoms with E-state index in [1.165, 1.54) is 17.8 Å². The van der Waals surface area contributed by atoms with Gasteiger partial charge in [-0.1, -0.05) is 17.8 Å². The first-order chi connectivity index (χ1) is 17.7. The molecule has 194 valence electrons. The Morgan fingerprint density at radius 1 is 1.14 bits per heavy atom. The predicted octanol–water partition coefficient (Wildman–Crippen LogP) is 4.54. The van der Waals surface area contributed by atoms with Crippen LogP contribution < -0.4 is 10.2 Å². The van der Waals surface area contributed by atoms with Crippen molar-refractivity contribution in [2.24, 2.45) is 0 Å². The molecule has 8 nitrogen and oxygen atoms in total. The molecule has 37 heavy (non-hydrogen) atoms. The van der Waals surface area contributed by atoms with E-state index in [1.807, 2.05) is 11.8 Å². The highest BCUT2D eigenvalue weighted by atomic mass is 32.2. The van der Waals surface area contributed by atoms with Crippen LogP contribution in [0.5, 0.6) is 5.75 Å². The monoisotopic (exact) mass is 525 g/mol. The quantitative estimate of drug-likeness (QED) is 0.355. The molecule has 4 atom stereocenters. The Bertz CT molecular complexity index is 1340. The zero-order valence-electron chi connectivity index (χ0n) is 20.9. The van der Waals surface area contributed by atoms with Gasteiger partial charge in [-0.2, -0.15) is 0 Å². The maximum absolute atomic E-state index is 15.8. The fourth-order valence-electron chi connectivity index (χ4n) is 5.93. The normalized spacial score (nSPS) is 28.9. The van der Waals surface area contributed by atoms with E-state index in [4.69, 9.17) is 0 Å². The Morgan fingerprint density at radius 3 is 2.62 bits per heavy atom. The van der Waals surface area contributed by atoms with E-state index in [9.17, 15) is 9.50 Å². The highest BCUT2D eigenvalue weighted by Crippen LogP contribution is 2.47. The molecule has 2 bridgehead atoms. The average Bonchev–Trinajstić information content (AvgIpc) is 3.68. The van der Waals surface area contributed by atoms with Crippen LogP contribution in [0.25, 0.3) is 22.5 Å². The number of fused-ring (bicyclic) bond motifs is 2. The number of thioether (sulfide) groups is 1. The fourth-order valence-corrected chi connectivity index (χ4v) is 6.27. The van der Waals surface area contributed by atoms with Crippen molar-refractivity contribution in [2.75, 3.05) is 11.2 Å². The lowest BCUT2D eigenvalue weighted by atomic mass is 9.82. The third-order valence-corrected chi connectivity index (χ3v) is 8.48. The van der Waals surface area contributed by atoms with Gasteiger partial charge in [0.25, 0.3) is 0 Å². The molecule has 1 saturated carbocycles. The maximum Gasteiger partial charge on any atom is 0.245 e. The highest BCUT2D eigenvalue weighted by molar-refractivity contribution is 7.98. The number of phenolic OH excluding ortho intramolecular Hbond substituents is 1. The molecule has 0 amide bonds. The van der Waals surface area contributed by atoms with Crippen LogP contribution in [0.15, 0.2) is 35.7 Å². The first kappa shape index (κ1) is 24.4. The molecular formula is C26H29F2N7OS. The van der Waals surface area contributed by atoms with E-state index < -0.39 is 17.5 Å². The number of nitrogens with zero attached hydrogens (tertiary/aromatic N) is 6. The molecule has 0 spiro atoms. The van der Waals surface area contributed by atoms with Crippen molar-refractivity contribution in [3.8, 4) is 28.3 Å². The largest absolute Gasteiger partial charge is 0.507 e. The van der Waals surface area contributed by atoms with Crippen molar-refractivity contribution in [1.82, 2.24) is 30.5 Å². The molecule has 1 aliphatic carbocycles. The second-order valence-corrected chi connectivity index (χ2v) is 11.6. The van der Waals surface area contributed by atoms with E-state index in [0.29, 0.717) is 34.3 Å². The van der Waals surface area contributed by atoms with Crippen molar-refractivity contribution in [2.45, 2.75) is 80.4 Å². The van der Waals surface area contributed by atoms with Gasteiger partial charge < -0.3 is 15.3 Å². The number of alkyl halides is 1. The standard InChI is InChI=1S/C26H29F2N7OS/c1-25-8-9-26(2,34-25)22(28)19(11-25)35(15-5-6-15)23-29-13-18(32-33-23)16-7-4-14(10-20(16)36)21-17(27)12-30-24(31-21)37-3/h4,7,10,12-13,15,19,22,34,36H,5-6,8-9,11H2,1-3H3/t19-,22-,25-,26+/m1/s1. The van der Waals surface area contributed by atoms with E-state index in [-0.39, 0.29) is 29.1 Å². The minimum atomic E-state index is -1.04. The van der Waals surface area contributed by atoms with E-state index in [2.05, 4.69) is 37.4 Å². The Kier molecular flexibility index (Phi) is 5.83. The van der Waals surface area contributed by atoms with Crippen LogP contribution in [0.4, 0.5) is 14.7 Å². The van der Waals surface area contributed by atoms with E-state index in [1.54, 1.807) is 24.6 Å². The molecule has 4 heterocycles. The topological polar surface area (TPSA) is 100.0 Å². The predicted molar refractivity (Wildman–Crippen MR) is 138 cm³/mol. The maximum atomic E-state index is 15.8. The number of halogens is 2. The van der Waals surface area contributed by atoms with Crippen molar-refractivity contribution >= 4 is 17.7 Å². The van der Waals surface area contributed by atoms with Gasteiger partial charge in [0.15, 0.2) is 11.0 Å². The molecule has 3 aliphatic rings. The van der Waals surface area contributed by atoms with Gasteiger partial charge in [0.1, 0.15) is 23.3 Å². The molecule has 2 saturated heterocycles. The van der Waals surface area contributed by atoms with Crippen LogP contribution in [0.1, 0.15) is 46.0 Å². The number of hydrogen-bond donors (Lipinski definition) is 2. The number of hydrogen-bond acceptors (Lipinski definition) is 9. The van der Waals surface area contributed by atoms with E-state index >= 15 is 4.39 Å². The zero-order valence-corrected chi connectivity index (χ0v) is 21.8. The minimum absolute atomic E-state index is 0.0938. The summed E-state index contributed by atoms with van der Waals surface area (Å²) >= 11 is 1.31. The van der Waals surface area contributed by atoms with Crippen LogP contribution >= 0.6 is 11.8 Å². The Morgan fingerprint density at radius 2 is 1.95 bits per heavy atom. The number of anilines is 1. The molecule has 11 heteroatoms. The molecule has 1 aromatic carbocycles. The number of piperidine rings is 1. The summed E-state index contributed by atoms with van der Waals surface area (Å²) in [5.41, 5.74) is 0.667. The molecule has 2 N–H and O–H groups in total. The molecule has 2 aliphatic heterocycles. The Labute approximate surface area is 218 Å². The van der Waals surface area contributed by atoms with Gasteiger partial charge in [-0.3, -0.25) is 0 Å². The molecule has 0 unspecified atom stereocenters. The van der Waals surface area contributed by atoms with Gasteiger partial charge >= 0.3 is 0 Å². The third kappa shape index (κ3) is 4.31. The molecule has 3 aromatic rings. The van der Waals surface area contributed by atoms with Crippen LogP contribution in [0.2, 0.25) is 0 Å². The van der Waals surface area contributed by atoms with Gasteiger partial charge in [0, 0.05) is 28.2 Å². The van der Waals surface area contributed by atoms with Gasteiger partial charge in [-0.15, -0.1) is 10.2 Å². The number of aromatic hydroxyl groups is 1. The smallest absolute Gasteiger partial charge is 0.245 e. The molecule has 2 aromatic heterocycles. The number of rotatable bonds is 6. The van der Waals surface area contributed by atoms with Crippen molar-refractivity contribution < 1.29 is 13.9 Å².